The Bertz CT molecular complexity index is 205. The molecule has 15 heavy (non-hydrogen) atoms. The lowest BCUT2D eigenvalue weighted by Crippen LogP contribution is -2.42. The van der Waals surface area contributed by atoms with Gasteiger partial charge in [0.15, 0.2) is 0 Å². The van der Waals surface area contributed by atoms with Crippen molar-refractivity contribution >= 4 is 0 Å². The molecule has 0 saturated carbocycles. The summed E-state index contributed by atoms with van der Waals surface area (Å²) in [6, 6.07) is 2.19. The first kappa shape index (κ1) is 11.4. The fraction of sp³-hybridized carbons (Fsp3) is 1.00. The third-order valence-corrected chi connectivity index (χ3v) is 3.81. The molecule has 0 aromatic rings. The largest absolute Gasteiger partial charge is 0.309 e. The van der Waals surface area contributed by atoms with Crippen LogP contribution in [-0.4, -0.2) is 61.2 Å². The van der Waals surface area contributed by atoms with Crippen molar-refractivity contribution in [3.8, 4) is 0 Å². The fourth-order valence-electron chi connectivity index (χ4n) is 2.80. The quantitative estimate of drug-likeness (QED) is 0.743. The van der Waals surface area contributed by atoms with Crippen LogP contribution in [0.5, 0.6) is 0 Å². The van der Waals surface area contributed by atoms with Crippen LogP contribution in [-0.2, 0) is 0 Å². The van der Waals surface area contributed by atoms with Gasteiger partial charge in [0.2, 0.25) is 0 Å². The second-order valence-electron chi connectivity index (χ2n) is 5.49. The molecular weight excluding hydrogens is 186 g/mol. The van der Waals surface area contributed by atoms with Gasteiger partial charge in [0.1, 0.15) is 0 Å². The van der Waals surface area contributed by atoms with E-state index in [9.17, 15) is 0 Å². The standard InChI is InChI=1S/C12H25N3/c1-10(2)15-7-5-12(9-15)13-11-4-6-14(3)8-11/h10-13H,4-9H2,1-3H3. The number of nitrogens with zero attached hydrogens (tertiary/aromatic N) is 2. The minimum absolute atomic E-state index is 0.711. The zero-order valence-corrected chi connectivity index (χ0v) is 10.4. The predicted molar refractivity (Wildman–Crippen MR) is 64.2 cm³/mol. The van der Waals surface area contributed by atoms with Crippen molar-refractivity contribution in [1.82, 2.24) is 15.1 Å². The molecule has 1 N–H and O–H groups in total. The van der Waals surface area contributed by atoms with Crippen LogP contribution in [0, 0.1) is 0 Å². The molecule has 2 fully saturated rings. The molecular formula is C12H25N3. The van der Waals surface area contributed by atoms with Crippen molar-refractivity contribution in [2.24, 2.45) is 0 Å². The second kappa shape index (κ2) is 4.81. The average Bonchev–Trinajstić information content (AvgIpc) is 2.76. The molecule has 3 heteroatoms. The second-order valence-corrected chi connectivity index (χ2v) is 5.49. The number of hydrogen-bond acceptors (Lipinski definition) is 3. The van der Waals surface area contributed by atoms with Gasteiger partial charge in [0, 0.05) is 31.2 Å². The van der Waals surface area contributed by atoms with Gasteiger partial charge in [-0.1, -0.05) is 0 Å². The maximum atomic E-state index is 3.81. The van der Waals surface area contributed by atoms with Crippen LogP contribution < -0.4 is 5.32 Å². The summed E-state index contributed by atoms with van der Waals surface area (Å²) < 4.78 is 0. The minimum atomic E-state index is 0.711. The van der Waals surface area contributed by atoms with Gasteiger partial charge in [-0.2, -0.15) is 0 Å². The summed E-state index contributed by atoms with van der Waals surface area (Å²) in [4.78, 5) is 5.00. The highest BCUT2D eigenvalue weighted by atomic mass is 15.2. The molecule has 2 unspecified atom stereocenters. The zero-order chi connectivity index (χ0) is 10.8. The van der Waals surface area contributed by atoms with Crippen LogP contribution in [0.25, 0.3) is 0 Å². The molecule has 0 bridgehead atoms. The third-order valence-electron chi connectivity index (χ3n) is 3.81. The molecule has 2 heterocycles. The molecule has 0 spiro atoms. The molecule has 0 aromatic heterocycles. The molecule has 2 rings (SSSR count). The Morgan fingerprint density at radius 3 is 2.27 bits per heavy atom. The molecule has 2 atom stereocenters. The van der Waals surface area contributed by atoms with Crippen molar-refractivity contribution < 1.29 is 0 Å². The summed E-state index contributed by atoms with van der Waals surface area (Å²) in [6.07, 6.45) is 2.66. The van der Waals surface area contributed by atoms with Gasteiger partial charge in [-0.25, -0.2) is 0 Å². The van der Waals surface area contributed by atoms with E-state index in [1.54, 1.807) is 0 Å². The zero-order valence-electron chi connectivity index (χ0n) is 10.4. The van der Waals surface area contributed by atoms with Crippen molar-refractivity contribution in [2.45, 2.75) is 44.8 Å². The lowest BCUT2D eigenvalue weighted by atomic mass is 10.2. The highest BCUT2D eigenvalue weighted by Gasteiger charge is 2.28. The highest BCUT2D eigenvalue weighted by Crippen LogP contribution is 2.15. The van der Waals surface area contributed by atoms with Gasteiger partial charge in [0.25, 0.3) is 0 Å². The van der Waals surface area contributed by atoms with Crippen molar-refractivity contribution in [1.29, 1.82) is 0 Å². The monoisotopic (exact) mass is 211 g/mol. The highest BCUT2D eigenvalue weighted by molar-refractivity contribution is 4.88. The Balaban J connectivity index is 1.73. The summed E-state index contributed by atoms with van der Waals surface area (Å²) in [5.74, 6) is 0. The molecule has 2 aliphatic heterocycles. The maximum absolute atomic E-state index is 3.81. The van der Waals surface area contributed by atoms with Gasteiger partial charge in [0.05, 0.1) is 0 Å². The smallest absolute Gasteiger partial charge is 0.0210 e. The average molecular weight is 211 g/mol. The normalized spacial score (nSPS) is 34.4. The van der Waals surface area contributed by atoms with Crippen LogP contribution in [0.2, 0.25) is 0 Å². The van der Waals surface area contributed by atoms with Crippen molar-refractivity contribution in [3.05, 3.63) is 0 Å². The lowest BCUT2D eigenvalue weighted by molar-refractivity contribution is 0.265. The molecule has 3 nitrogen and oxygen atoms in total. The SMILES string of the molecule is CC(C)N1CCC(NC2CCN(C)C2)C1. The summed E-state index contributed by atoms with van der Waals surface area (Å²) in [6.45, 7) is 9.61. The molecule has 2 aliphatic rings. The number of rotatable bonds is 3. The molecule has 0 aliphatic carbocycles. The van der Waals surface area contributed by atoms with E-state index in [0.29, 0.717) is 6.04 Å². The molecule has 88 valence electrons. The minimum Gasteiger partial charge on any atom is -0.309 e. The Morgan fingerprint density at radius 2 is 1.73 bits per heavy atom. The van der Waals surface area contributed by atoms with E-state index < -0.39 is 0 Å². The number of hydrogen-bond donors (Lipinski definition) is 1. The molecule has 0 amide bonds. The summed E-state index contributed by atoms with van der Waals surface area (Å²) >= 11 is 0. The Hall–Kier alpha value is -0.120. The lowest BCUT2D eigenvalue weighted by Gasteiger charge is -2.22. The third kappa shape index (κ3) is 2.92. The van der Waals surface area contributed by atoms with Gasteiger partial charge in [-0.3, -0.25) is 4.90 Å². The molecule has 0 radical (unpaired) electrons. The number of likely N-dealkylation sites (tertiary alicyclic amines) is 2. The fourth-order valence-corrected chi connectivity index (χ4v) is 2.80. The van der Waals surface area contributed by atoms with Crippen LogP contribution in [0.4, 0.5) is 0 Å². The first-order valence-electron chi connectivity index (χ1n) is 6.34. The maximum Gasteiger partial charge on any atom is 0.0210 e. The van der Waals surface area contributed by atoms with E-state index in [-0.39, 0.29) is 0 Å². The van der Waals surface area contributed by atoms with E-state index in [2.05, 4.69) is 36.0 Å². The van der Waals surface area contributed by atoms with Crippen LogP contribution in [0.1, 0.15) is 26.7 Å². The van der Waals surface area contributed by atoms with E-state index >= 15 is 0 Å². The topological polar surface area (TPSA) is 18.5 Å². The van der Waals surface area contributed by atoms with Crippen LogP contribution in [0.15, 0.2) is 0 Å². The van der Waals surface area contributed by atoms with Gasteiger partial charge in [-0.15, -0.1) is 0 Å². The number of nitrogens with one attached hydrogen (secondary N) is 1. The van der Waals surface area contributed by atoms with Crippen LogP contribution >= 0.6 is 0 Å². The molecule has 2 saturated heterocycles. The first-order valence-corrected chi connectivity index (χ1v) is 6.34. The van der Waals surface area contributed by atoms with Gasteiger partial charge >= 0.3 is 0 Å². The van der Waals surface area contributed by atoms with E-state index in [4.69, 9.17) is 0 Å². The Labute approximate surface area is 93.8 Å². The Kier molecular flexibility index (Phi) is 3.65. The van der Waals surface area contributed by atoms with E-state index in [1.165, 1.54) is 39.0 Å². The van der Waals surface area contributed by atoms with Crippen molar-refractivity contribution in [2.75, 3.05) is 33.2 Å². The van der Waals surface area contributed by atoms with Crippen molar-refractivity contribution in [3.63, 3.8) is 0 Å². The van der Waals surface area contributed by atoms with E-state index in [0.717, 1.165) is 12.1 Å². The number of likely N-dealkylation sites (N-methyl/N-ethyl adjacent to an activating group) is 1. The van der Waals surface area contributed by atoms with Gasteiger partial charge < -0.3 is 10.2 Å². The van der Waals surface area contributed by atoms with Crippen LogP contribution in [0.3, 0.4) is 0 Å². The Morgan fingerprint density at radius 1 is 1.07 bits per heavy atom. The summed E-state index contributed by atoms with van der Waals surface area (Å²) in [7, 11) is 2.22. The van der Waals surface area contributed by atoms with Gasteiger partial charge in [-0.05, 0) is 46.8 Å². The van der Waals surface area contributed by atoms with E-state index in [1.807, 2.05) is 0 Å². The summed E-state index contributed by atoms with van der Waals surface area (Å²) in [5, 5.41) is 3.81. The first-order chi connectivity index (χ1) is 7.15. The predicted octanol–water partition coefficient (Wildman–Crippen LogP) is 0.763. The molecule has 0 aromatic carbocycles. The summed E-state index contributed by atoms with van der Waals surface area (Å²) in [5.41, 5.74) is 0.